The van der Waals surface area contributed by atoms with Gasteiger partial charge >= 0.3 is 12.1 Å². The van der Waals surface area contributed by atoms with Crippen LogP contribution in [0.25, 0.3) is 0 Å². The van der Waals surface area contributed by atoms with Crippen molar-refractivity contribution < 1.29 is 36.2 Å². The standard InChI is InChI=1S/C23H30F3N5.C2HF3O2/c1-14(2)27-22-23(29-19-8-9-30(3)13-20(19)28-22)31-10-6-15(7-11-31)21(26)17-5-4-16(24)12-18(17)25;3-2(4,5)1(6)7/h4-5,12,14-15,21H,6-11,13H2,1-3H3,(H,27,28);(H,6,7). The van der Waals surface area contributed by atoms with Crippen molar-refractivity contribution in [3.05, 3.63) is 46.8 Å². The molecule has 0 amide bonds. The summed E-state index contributed by atoms with van der Waals surface area (Å²) in [4.78, 5) is 23.1. The van der Waals surface area contributed by atoms with E-state index in [1.807, 2.05) is 0 Å². The Labute approximate surface area is 216 Å². The summed E-state index contributed by atoms with van der Waals surface area (Å²) in [7, 11) is 2.08. The topological polar surface area (TPSA) is 81.6 Å². The molecule has 1 aromatic carbocycles. The molecule has 210 valence electrons. The minimum absolute atomic E-state index is 0.0558. The molecule has 0 saturated carbocycles. The van der Waals surface area contributed by atoms with Crippen LogP contribution in [0.1, 0.15) is 49.8 Å². The molecule has 1 unspecified atom stereocenters. The number of rotatable bonds is 5. The molecule has 3 heterocycles. The van der Waals surface area contributed by atoms with E-state index in [9.17, 15) is 22.0 Å². The third-order valence-corrected chi connectivity index (χ3v) is 6.36. The molecule has 7 nitrogen and oxygen atoms in total. The Morgan fingerprint density at radius 1 is 1.11 bits per heavy atom. The number of piperidine rings is 1. The average Bonchev–Trinajstić information content (AvgIpc) is 2.83. The maximum Gasteiger partial charge on any atom is 0.490 e. The van der Waals surface area contributed by atoms with Crippen LogP contribution in [-0.2, 0) is 17.8 Å². The Bertz CT molecular complexity index is 1120. The first-order chi connectivity index (χ1) is 17.8. The van der Waals surface area contributed by atoms with Gasteiger partial charge in [0.25, 0.3) is 0 Å². The molecule has 4 rings (SSSR count). The lowest BCUT2D eigenvalue weighted by Gasteiger charge is -2.36. The Morgan fingerprint density at radius 3 is 2.29 bits per heavy atom. The minimum atomic E-state index is -5.08. The number of likely N-dealkylation sites (N-methyl/N-ethyl adjacent to an activating group) is 1. The molecule has 2 aromatic rings. The zero-order valence-corrected chi connectivity index (χ0v) is 21.3. The van der Waals surface area contributed by atoms with Crippen molar-refractivity contribution in [1.29, 1.82) is 0 Å². The van der Waals surface area contributed by atoms with Crippen LogP contribution in [0.4, 0.5) is 38.0 Å². The van der Waals surface area contributed by atoms with E-state index < -0.39 is 30.0 Å². The van der Waals surface area contributed by atoms with Gasteiger partial charge in [0.1, 0.15) is 17.8 Å². The smallest absolute Gasteiger partial charge is 0.475 e. The van der Waals surface area contributed by atoms with Crippen molar-refractivity contribution in [1.82, 2.24) is 14.9 Å². The highest BCUT2D eigenvalue weighted by molar-refractivity contribution is 5.73. The van der Waals surface area contributed by atoms with E-state index in [1.165, 1.54) is 6.07 Å². The van der Waals surface area contributed by atoms with Gasteiger partial charge in [-0.15, -0.1) is 0 Å². The molecule has 1 atom stereocenters. The van der Waals surface area contributed by atoms with Crippen LogP contribution in [0.5, 0.6) is 0 Å². The number of nitrogens with one attached hydrogen (secondary N) is 1. The lowest BCUT2D eigenvalue weighted by molar-refractivity contribution is -0.192. The predicted octanol–water partition coefficient (Wildman–Crippen LogP) is 5.12. The average molecular weight is 548 g/mol. The van der Waals surface area contributed by atoms with E-state index >= 15 is 4.39 Å². The maximum absolute atomic E-state index is 15.0. The number of aliphatic carboxylic acids is 1. The zero-order chi connectivity index (χ0) is 28.2. The fourth-order valence-corrected chi connectivity index (χ4v) is 4.43. The summed E-state index contributed by atoms with van der Waals surface area (Å²) in [5.41, 5.74) is 1.98. The van der Waals surface area contributed by atoms with E-state index in [4.69, 9.17) is 19.9 Å². The summed E-state index contributed by atoms with van der Waals surface area (Å²) in [5.74, 6) is -2.98. The van der Waals surface area contributed by atoms with E-state index in [0.717, 1.165) is 54.7 Å². The monoisotopic (exact) mass is 547 g/mol. The van der Waals surface area contributed by atoms with Crippen LogP contribution in [0.2, 0.25) is 0 Å². The van der Waals surface area contributed by atoms with Crippen molar-refractivity contribution >= 4 is 17.6 Å². The summed E-state index contributed by atoms with van der Waals surface area (Å²) in [6, 6.07) is 3.30. The van der Waals surface area contributed by atoms with Gasteiger partial charge in [0.05, 0.1) is 11.4 Å². The van der Waals surface area contributed by atoms with Gasteiger partial charge in [-0.25, -0.2) is 27.9 Å². The summed E-state index contributed by atoms with van der Waals surface area (Å²) < 4.78 is 74.0. The van der Waals surface area contributed by atoms with Crippen molar-refractivity contribution in [3.63, 3.8) is 0 Å². The Morgan fingerprint density at radius 2 is 1.74 bits per heavy atom. The second-order valence-electron chi connectivity index (χ2n) is 9.77. The number of nitrogens with zero attached hydrogens (tertiary/aromatic N) is 4. The zero-order valence-electron chi connectivity index (χ0n) is 21.3. The van der Waals surface area contributed by atoms with E-state index in [2.05, 4.69) is 36.0 Å². The molecule has 13 heteroatoms. The summed E-state index contributed by atoms with van der Waals surface area (Å²) in [5, 5.41) is 10.5. The van der Waals surface area contributed by atoms with Gasteiger partial charge in [0.15, 0.2) is 11.6 Å². The molecule has 0 spiro atoms. The van der Waals surface area contributed by atoms with E-state index in [0.29, 0.717) is 25.9 Å². The molecule has 1 saturated heterocycles. The molecule has 2 aliphatic heterocycles. The number of hydrogen-bond donors (Lipinski definition) is 2. The van der Waals surface area contributed by atoms with Crippen LogP contribution < -0.4 is 10.2 Å². The number of aromatic nitrogens is 2. The minimum Gasteiger partial charge on any atom is -0.475 e. The number of anilines is 2. The van der Waals surface area contributed by atoms with E-state index in [1.54, 1.807) is 0 Å². The third kappa shape index (κ3) is 7.49. The van der Waals surface area contributed by atoms with Crippen molar-refractivity contribution in [2.24, 2.45) is 5.92 Å². The molecule has 0 radical (unpaired) electrons. The second kappa shape index (κ2) is 12.2. The molecule has 38 heavy (non-hydrogen) atoms. The molecule has 1 fully saturated rings. The first kappa shape index (κ1) is 29.5. The first-order valence-electron chi connectivity index (χ1n) is 12.2. The van der Waals surface area contributed by atoms with Crippen molar-refractivity contribution in [3.8, 4) is 0 Å². The predicted molar refractivity (Wildman–Crippen MR) is 130 cm³/mol. The normalized spacial score (nSPS) is 17.5. The van der Waals surface area contributed by atoms with Gasteiger partial charge in [0.2, 0.25) is 0 Å². The highest BCUT2D eigenvalue weighted by Crippen LogP contribution is 2.37. The molecule has 0 bridgehead atoms. The quantitative estimate of drug-likeness (QED) is 0.503. The summed E-state index contributed by atoms with van der Waals surface area (Å²) >= 11 is 0. The van der Waals surface area contributed by atoms with Gasteiger partial charge in [-0.05, 0) is 45.7 Å². The number of halogens is 6. The van der Waals surface area contributed by atoms with Gasteiger partial charge in [-0.1, -0.05) is 6.07 Å². The summed E-state index contributed by atoms with van der Waals surface area (Å²) in [6.07, 6.45) is -4.52. The van der Waals surface area contributed by atoms with Crippen molar-refractivity contribution in [2.45, 2.75) is 58.0 Å². The summed E-state index contributed by atoms with van der Waals surface area (Å²) in [6.45, 7) is 7.10. The highest BCUT2D eigenvalue weighted by atomic mass is 19.4. The molecule has 2 aliphatic rings. The number of carboxylic acid groups (broad SMARTS) is 1. The Hall–Kier alpha value is -3.09. The fraction of sp³-hybridized carbons (Fsp3) is 0.560. The molecule has 0 aliphatic carbocycles. The number of alkyl halides is 4. The number of hydrogen-bond acceptors (Lipinski definition) is 6. The second-order valence-corrected chi connectivity index (χ2v) is 9.77. The molecule has 2 N–H and O–H groups in total. The number of fused-ring (bicyclic) bond motifs is 1. The molecular weight excluding hydrogens is 516 g/mol. The van der Waals surface area contributed by atoms with E-state index in [-0.39, 0.29) is 17.5 Å². The van der Waals surface area contributed by atoms with Gasteiger partial charge in [-0.2, -0.15) is 13.2 Å². The van der Waals surface area contributed by atoms with Crippen LogP contribution in [0.3, 0.4) is 0 Å². The first-order valence-corrected chi connectivity index (χ1v) is 12.2. The van der Waals surface area contributed by atoms with Crippen LogP contribution in [-0.4, -0.2) is 64.8 Å². The van der Waals surface area contributed by atoms with Crippen LogP contribution in [0.15, 0.2) is 18.2 Å². The van der Waals surface area contributed by atoms with Gasteiger partial charge in [0, 0.05) is 50.3 Å². The third-order valence-electron chi connectivity index (χ3n) is 6.36. The number of carboxylic acids is 1. The van der Waals surface area contributed by atoms with Crippen LogP contribution >= 0.6 is 0 Å². The largest absolute Gasteiger partial charge is 0.490 e. The fourth-order valence-electron chi connectivity index (χ4n) is 4.43. The molecular formula is C25H31F6N5O2. The Kier molecular flexibility index (Phi) is 9.45. The Balaban J connectivity index is 0.000000505. The van der Waals surface area contributed by atoms with Gasteiger partial charge in [-0.3, -0.25) is 0 Å². The van der Waals surface area contributed by atoms with Crippen molar-refractivity contribution in [2.75, 3.05) is 36.9 Å². The SMILES string of the molecule is CC(C)Nc1nc2c(nc1N1CCC(C(F)c3ccc(F)cc3F)CC1)CCN(C)C2.O=C(O)C(F)(F)F. The van der Waals surface area contributed by atoms with Gasteiger partial charge < -0.3 is 20.2 Å². The van der Waals surface area contributed by atoms with Crippen LogP contribution in [0, 0.1) is 17.6 Å². The molecule has 1 aromatic heterocycles. The number of carbonyl (C=O) groups is 1. The maximum atomic E-state index is 15.0. The highest BCUT2D eigenvalue weighted by Gasteiger charge is 2.38. The lowest BCUT2D eigenvalue weighted by atomic mass is 9.88. The lowest BCUT2D eigenvalue weighted by Crippen LogP contribution is -2.37. The number of benzene rings is 1.